The van der Waals surface area contributed by atoms with E-state index in [1.54, 1.807) is 30.5 Å². The first-order chi connectivity index (χ1) is 14.4. The molecule has 8 nitrogen and oxygen atoms in total. The minimum absolute atomic E-state index is 0.160. The van der Waals surface area contributed by atoms with E-state index in [0.29, 0.717) is 22.2 Å². The molecule has 1 aromatic carbocycles. The Kier molecular flexibility index (Phi) is 6.70. The maximum Gasteiger partial charge on any atom is 0.272 e. The molecule has 4 N–H and O–H groups in total. The molecule has 11 heteroatoms. The average Bonchev–Trinajstić information content (AvgIpc) is 3.40. The number of nitrogen functional groups attached to an aromatic ring is 1. The van der Waals surface area contributed by atoms with Gasteiger partial charge in [-0.1, -0.05) is 12.1 Å². The average molecular weight is 447 g/mol. The van der Waals surface area contributed by atoms with E-state index in [2.05, 4.69) is 25.5 Å². The lowest BCUT2D eigenvalue weighted by atomic mass is 10.1. The Hall–Kier alpha value is -3.37. The number of aryl methyl sites for hydroxylation is 1. The highest BCUT2D eigenvalue weighted by Gasteiger charge is 2.16. The van der Waals surface area contributed by atoms with E-state index in [-0.39, 0.29) is 29.1 Å². The minimum Gasteiger partial charge on any atom is -0.380 e. The fraction of sp³-hybridized carbons (Fsp3) is 0.105. The number of anilines is 1. The molecule has 0 aliphatic rings. The number of thiophene rings is 1. The van der Waals surface area contributed by atoms with Crippen LogP contribution < -0.4 is 11.1 Å². The summed E-state index contributed by atoms with van der Waals surface area (Å²) in [6.45, 7) is 1.93. The number of aromatic nitrogens is 4. The van der Waals surface area contributed by atoms with Crippen LogP contribution in [0.5, 0.6) is 0 Å². The lowest BCUT2D eigenvalue weighted by molar-refractivity contribution is 0.0947. The third-order valence-electron chi connectivity index (χ3n) is 4.02. The normalized spacial score (nSPS) is 10.4. The number of nitrogens with zero attached hydrogens (tertiary/aromatic N) is 3. The van der Waals surface area contributed by atoms with Gasteiger partial charge in [0, 0.05) is 17.5 Å². The summed E-state index contributed by atoms with van der Waals surface area (Å²) in [4.78, 5) is 30.4. The number of hydrogen-bond acceptors (Lipinski definition) is 7. The number of fused-ring (bicyclic) bond motifs is 1. The maximum absolute atomic E-state index is 13.2. The van der Waals surface area contributed by atoms with Crippen molar-refractivity contribution in [3.8, 4) is 0 Å². The van der Waals surface area contributed by atoms with Crippen LogP contribution in [0.2, 0.25) is 0 Å². The number of halogens is 2. The van der Waals surface area contributed by atoms with Crippen LogP contribution in [0.1, 0.15) is 32.0 Å². The molecule has 1 amide bonds. The van der Waals surface area contributed by atoms with E-state index in [1.807, 2.05) is 5.38 Å². The Morgan fingerprint density at radius 2 is 2.10 bits per heavy atom. The summed E-state index contributed by atoms with van der Waals surface area (Å²) in [5.41, 5.74) is 8.48. The number of carbonyl (C=O) groups excluding carboxylic acids is 2. The van der Waals surface area contributed by atoms with Crippen LogP contribution in [0.4, 0.5) is 10.2 Å². The van der Waals surface area contributed by atoms with Gasteiger partial charge in [0.05, 0.1) is 0 Å². The molecule has 0 bridgehead atoms. The SMILES string of the molecule is Cc1cc(CNC(=O)c2ncnc3c(N)n[nH]c23)ccc1F.O=C(Cl)c1ccsc1. The number of benzene rings is 1. The zero-order chi connectivity index (χ0) is 21.7. The Balaban J connectivity index is 0.000000269. The van der Waals surface area contributed by atoms with Gasteiger partial charge in [-0.15, -0.1) is 0 Å². The van der Waals surface area contributed by atoms with Crippen molar-refractivity contribution in [1.82, 2.24) is 25.5 Å². The van der Waals surface area contributed by atoms with E-state index in [0.717, 1.165) is 5.56 Å². The van der Waals surface area contributed by atoms with Crippen molar-refractivity contribution in [2.75, 3.05) is 5.73 Å². The molecule has 0 atom stereocenters. The lowest BCUT2D eigenvalue weighted by Crippen LogP contribution is -2.24. The van der Waals surface area contributed by atoms with Crippen molar-refractivity contribution in [2.45, 2.75) is 13.5 Å². The van der Waals surface area contributed by atoms with Gasteiger partial charge in [0.1, 0.15) is 23.2 Å². The van der Waals surface area contributed by atoms with Crippen molar-refractivity contribution < 1.29 is 14.0 Å². The Bertz CT molecular complexity index is 1200. The summed E-state index contributed by atoms with van der Waals surface area (Å²) < 4.78 is 13.2. The summed E-state index contributed by atoms with van der Waals surface area (Å²) in [5, 5.41) is 12.3. The minimum atomic E-state index is -0.391. The molecule has 0 unspecified atom stereocenters. The van der Waals surface area contributed by atoms with Crippen LogP contribution in [0, 0.1) is 12.7 Å². The molecule has 4 aromatic rings. The van der Waals surface area contributed by atoms with Crippen molar-refractivity contribution >= 4 is 50.9 Å². The molecule has 0 aliphatic carbocycles. The molecule has 3 aromatic heterocycles. The number of nitrogens with one attached hydrogen (secondary N) is 2. The van der Waals surface area contributed by atoms with Gasteiger partial charge >= 0.3 is 0 Å². The molecule has 4 rings (SSSR count). The first kappa shape index (κ1) is 21.3. The maximum atomic E-state index is 13.2. The third-order valence-corrected chi connectivity index (χ3v) is 4.92. The van der Waals surface area contributed by atoms with Crippen LogP contribution in [-0.4, -0.2) is 31.3 Å². The van der Waals surface area contributed by atoms with Crippen LogP contribution in [-0.2, 0) is 6.54 Å². The zero-order valence-electron chi connectivity index (χ0n) is 15.6. The molecule has 30 heavy (non-hydrogen) atoms. The highest BCUT2D eigenvalue weighted by atomic mass is 35.5. The van der Waals surface area contributed by atoms with Gasteiger partial charge in [0.25, 0.3) is 11.1 Å². The summed E-state index contributed by atoms with van der Waals surface area (Å²) in [7, 11) is 0. The van der Waals surface area contributed by atoms with E-state index in [1.165, 1.54) is 23.7 Å². The van der Waals surface area contributed by atoms with Gasteiger partial charge < -0.3 is 11.1 Å². The topological polar surface area (TPSA) is 127 Å². The number of aromatic amines is 1. The monoisotopic (exact) mass is 446 g/mol. The van der Waals surface area contributed by atoms with Crippen molar-refractivity contribution in [3.63, 3.8) is 0 Å². The molecule has 0 saturated heterocycles. The smallest absolute Gasteiger partial charge is 0.272 e. The second kappa shape index (κ2) is 9.42. The van der Waals surface area contributed by atoms with Crippen molar-refractivity contribution in [3.05, 3.63) is 69.6 Å². The van der Waals surface area contributed by atoms with Gasteiger partial charge in [0.2, 0.25) is 0 Å². The predicted molar refractivity (Wildman–Crippen MR) is 113 cm³/mol. The van der Waals surface area contributed by atoms with Gasteiger partial charge in [-0.2, -0.15) is 16.4 Å². The third kappa shape index (κ3) is 4.97. The number of rotatable bonds is 4. The first-order valence-corrected chi connectivity index (χ1v) is 9.88. The van der Waals surface area contributed by atoms with Crippen molar-refractivity contribution in [2.24, 2.45) is 0 Å². The van der Waals surface area contributed by atoms with E-state index < -0.39 is 5.91 Å². The number of H-pyrrole nitrogens is 1. The molecule has 3 heterocycles. The summed E-state index contributed by atoms with van der Waals surface area (Å²) in [5.74, 6) is -0.459. The van der Waals surface area contributed by atoms with Crippen LogP contribution in [0.3, 0.4) is 0 Å². The molecular formula is C19H16ClFN6O2S. The standard InChI is InChI=1S/C14H13FN6O.C5H3ClOS/c1-7-4-8(2-3-9(7)15)5-17-14(22)12-10-11(18-6-19-12)13(16)21-20-10;6-5(7)4-1-2-8-3-4/h2-4,6H,5H2,1H3,(H,17,22)(H3,16,20,21);1-3H. The van der Waals surface area contributed by atoms with Crippen LogP contribution in [0.15, 0.2) is 41.4 Å². The Morgan fingerprint density at radius 1 is 1.30 bits per heavy atom. The summed E-state index contributed by atoms with van der Waals surface area (Å²) >= 11 is 6.57. The quantitative estimate of drug-likeness (QED) is 0.412. The predicted octanol–water partition coefficient (Wildman–Crippen LogP) is 3.44. The van der Waals surface area contributed by atoms with Gasteiger partial charge in [-0.3, -0.25) is 14.7 Å². The largest absolute Gasteiger partial charge is 0.380 e. The zero-order valence-corrected chi connectivity index (χ0v) is 17.2. The summed E-state index contributed by atoms with van der Waals surface area (Å²) in [6, 6.07) is 6.36. The van der Waals surface area contributed by atoms with Crippen molar-refractivity contribution in [1.29, 1.82) is 0 Å². The highest BCUT2D eigenvalue weighted by Crippen LogP contribution is 2.17. The number of amides is 1. The fourth-order valence-corrected chi connectivity index (χ4v) is 3.30. The van der Waals surface area contributed by atoms with Crippen LogP contribution >= 0.6 is 22.9 Å². The molecule has 0 radical (unpaired) electrons. The molecule has 0 fully saturated rings. The van der Waals surface area contributed by atoms with Gasteiger partial charge in [0.15, 0.2) is 11.5 Å². The van der Waals surface area contributed by atoms with E-state index in [4.69, 9.17) is 17.3 Å². The van der Waals surface area contributed by atoms with E-state index in [9.17, 15) is 14.0 Å². The summed E-state index contributed by atoms with van der Waals surface area (Å²) in [6.07, 6.45) is 1.26. The second-order valence-corrected chi connectivity index (χ2v) is 7.23. The molecule has 0 saturated carbocycles. The number of hydrogen-bond donors (Lipinski definition) is 3. The fourth-order valence-electron chi connectivity index (χ4n) is 2.49. The van der Waals surface area contributed by atoms with E-state index >= 15 is 0 Å². The highest BCUT2D eigenvalue weighted by molar-refractivity contribution is 7.08. The number of carbonyl (C=O) groups is 2. The molecule has 154 valence electrons. The second-order valence-electron chi connectivity index (χ2n) is 6.11. The first-order valence-electron chi connectivity index (χ1n) is 8.56. The van der Waals surface area contributed by atoms with Crippen LogP contribution in [0.25, 0.3) is 11.0 Å². The van der Waals surface area contributed by atoms with Gasteiger partial charge in [-0.05, 0) is 47.2 Å². The molecular weight excluding hydrogens is 431 g/mol. The molecule has 0 aliphatic heterocycles. The number of nitrogens with two attached hydrogens (primary N) is 1. The van der Waals surface area contributed by atoms with Gasteiger partial charge in [-0.25, -0.2) is 14.4 Å². The Morgan fingerprint density at radius 3 is 2.73 bits per heavy atom. The lowest BCUT2D eigenvalue weighted by Gasteiger charge is -2.06. The Labute approximate surface area is 179 Å². The molecule has 0 spiro atoms.